The van der Waals surface area contributed by atoms with Crippen LogP contribution in [0.4, 0.5) is 0 Å². The van der Waals surface area contributed by atoms with E-state index in [2.05, 4.69) is 5.32 Å². The fraction of sp³-hybridized carbons (Fsp3) is 0.385. The number of primary amides is 1. The molecule has 1 aromatic carbocycles. The maximum absolute atomic E-state index is 11.7. The van der Waals surface area contributed by atoms with Crippen LogP contribution in [0.25, 0.3) is 0 Å². The second kappa shape index (κ2) is 6.16. The average molecular weight is 249 g/mol. The van der Waals surface area contributed by atoms with E-state index in [0.29, 0.717) is 18.5 Å². The van der Waals surface area contributed by atoms with Crippen molar-refractivity contribution >= 4 is 11.8 Å². The molecule has 1 aromatic rings. The Bertz CT molecular complexity index is 420. The number of benzene rings is 1. The van der Waals surface area contributed by atoms with E-state index < -0.39 is 11.4 Å². The number of carbonyl (C=O) groups is 2. The van der Waals surface area contributed by atoms with Crippen LogP contribution in [-0.4, -0.2) is 18.4 Å². The van der Waals surface area contributed by atoms with Crippen LogP contribution in [-0.2, 0) is 15.1 Å². The Hall–Kier alpha value is -1.88. The first-order valence-corrected chi connectivity index (χ1v) is 5.87. The molecule has 0 bridgehead atoms. The lowest BCUT2D eigenvalue weighted by Gasteiger charge is -2.28. The molecule has 5 N–H and O–H groups in total. The Morgan fingerprint density at radius 3 is 2.39 bits per heavy atom. The molecule has 5 nitrogen and oxygen atoms in total. The van der Waals surface area contributed by atoms with Crippen molar-refractivity contribution < 1.29 is 9.59 Å². The number of hydrogen-bond acceptors (Lipinski definition) is 3. The van der Waals surface area contributed by atoms with Gasteiger partial charge in [0.25, 0.3) is 0 Å². The minimum atomic E-state index is -1.19. The molecule has 1 atom stereocenters. The first-order chi connectivity index (χ1) is 8.50. The van der Waals surface area contributed by atoms with E-state index in [1.807, 2.05) is 6.07 Å². The van der Waals surface area contributed by atoms with Crippen LogP contribution in [0.5, 0.6) is 0 Å². The SMILES string of the molecule is CC(NC(=O)CCCN)(C(N)=O)c1ccccc1. The third-order valence-electron chi connectivity index (χ3n) is 2.84. The molecule has 0 aliphatic carbocycles. The minimum absolute atomic E-state index is 0.231. The molecule has 18 heavy (non-hydrogen) atoms. The van der Waals surface area contributed by atoms with Gasteiger partial charge in [-0.05, 0) is 25.5 Å². The van der Waals surface area contributed by atoms with Crippen molar-refractivity contribution in [1.29, 1.82) is 0 Å². The van der Waals surface area contributed by atoms with Crippen LogP contribution in [0.3, 0.4) is 0 Å². The zero-order valence-electron chi connectivity index (χ0n) is 10.5. The van der Waals surface area contributed by atoms with Crippen molar-refractivity contribution in [3.8, 4) is 0 Å². The summed E-state index contributed by atoms with van der Waals surface area (Å²) in [4.78, 5) is 23.3. The first kappa shape index (κ1) is 14.2. The number of rotatable bonds is 6. The van der Waals surface area contributed by atoms with E-state index in [9.17, 15) is 9.59 Å². The second-order valence-electron chi connectivity index (χ2n) is 4.30. The zero-order valence-corrected chi connectivity index (χ0v) is 10.5. The summed E-state index contributed by atoms with van der Waals surface area (Å²) >= 11 is 0. The third-order valence-corrected chi connectivity index (χ3v) is 2.84. The molecule has 0 heterocycles. The summed E-state index contributed by atoms with van der Waals surface area (Å²) in [6, 6.07) is 8.94. The molecule has 0 fully saturated rings. The summed E-state index contributed by atoms with van der Waals surface area (Å²) < 4.78 is 0. The molecule has 5 heteroatoms. The van der Waals surface area contributed by atoms with Crippen molar-refractivity contribution in [2.75, 3.05) is 6.54 Å². The summed E-state index contributed by atoms with van der Waals surface area (Å²) in [5, 5.41) is 2.67. The van der Waals surface area contributed by atoms with Crippen molar-refractivity contribution in [3.05, 3.63) is 35.9 Å². The van der Waals surface area contributed by atoms with Gasteiger partial charge in [0.1, 0.15) is 5.54 Å². The van der Waals surface area contributed by atoms with Gasteiger partial charge in [0.15, 0.2) is 0 Å². The predicted octanol–water partition coefficient (Wildman–Crippen LogP) is 0.242. The Morgan fingerprint density at radius 1 is 1.28 bits per heavy atom. The number of carbonyl (C=O) groups excluding carboxylic acids is 2. The molecule has 0 aromatic heterocycles. The first-order valence-electron chi connectivity index (χ1n) is 5.87. The summed E-state index contributed by atoms with van der Waals surface area (Å²) in [5.74, 6) is -0.819. The molecule has 0 saturated carbocycles. The summed E-state index contributed by atoms with van der Waals surface area (Å²) in [7, 11) is 0. The number of hydrogen-bond donors (Lipinski definition) is 3. The van der Waals surface area contributed by atoms with Gasteiger partial charge in [-0.1, -0.05) is 30.3 Å². The highest BCUT2D eigenvalue weighted by Gasteiger charge is 2.34. The lowest BCUT2D eigenvalue weighted by atomic mass is 9.91. The lowest BCUT2D eigenvalue weighted by Crippen LogP contribution is -2.52. The standard InChI is InChI=1S/C13H19N3O2/c1-13(12(15)18,10-6-3-2-4-7-10)16-11(17)8-5-9-14/h2-4,6-7H,5,8-9,14H2,1H3,(H2,15,18)(H,16,17). The van der Waals surface area contributed by atoms with Crippen molar-refractivity contribution in [2.24, 2.45) is 11.5 Å². The highest BCUT2D eigenvalue weighted by Crippen LogP contribution is 2.20. The van der Waals surface area contributed by atoms with E-state index in [0.717, 1.165) is 0 Å². The van der Waals surface area contributed by atoms with E-state index >= 15 is 0 Å². The molecule has 1 unspecified atom stereocenters. The normalized spacial score (nSPS) is 13.7. The summed E-state index contributed by atoms with van der Waals surface area (Å²) in [6.45, 7) is 2.04. The van der Waals surface area contributed by atoms with Gasteiger partial charge in [-0.15, -0.1) is 0 Å². The molecule has 1 rings (SSSR count). The van der Waals surface area contributed by atoms with E-state index in [1.54, 1.807) is 31.2 Å². The number of amides is 2. The van der Waals surface area contributed by atoms with Gasteiger partial charge in [0, 0.05) is 6.42 Å². The van der Waals surface area contributed by atoms with Crippen LogP contribution >= 0.6 is 0 Å². The minimum Gasteiger partial charge on any atom is -0.367 e. The Morgan fingerprint density at radius 2 is 1.89 bits per heavy atom. The van der Waals surface area contributed by atoms with Crippen LogP contribution < -0.4 is 16.8 Å². The number of nitrogens with one attached hydrogen (secondary N) is 1. The summed E-state index contributed by atoms with van der Waals surface area (Å²) in [6.07, 6.45) is 0.863. The fourth-order valence-corrected chi connectivity index (χ4v) is 1.65. The summed E-state index contributed by atoms with van der Waals surface area (Å²) in [5.41, 5.74) is 10.2. The van der Waals surface area contributed by atoms with E-state index in [4.69, 9.17) is 11.5 Å². The van der Waals surface area contributed by atoms with Gasteiger partial charge in [0.2, 0.25) is 11.8 Å². The van der Waals surface area contributed by atoms with Crippen LogP contribution in [0, 0.1) is 0 Å². The quantitative estimate of drug-likeness (QED) is 0.673. The van der Waals surface area contributed by atoms with Gasteiger partial charge in [-0.3, -0.25) is 9.59 Å². The molecule has 0 aliphatic heterocycles. The molecular weight excluding hydrogens is 230 g/mol. The van der Waals surface area contributed by atoms with Crippen LogP contribution in [0.15, 0.2) is 30.3 Å². The lowest BCUT2D eigenvalue weighted by molar-refractivity contribution is -0.131. The van der Waals surface area contributed by atoms with Crippen LogP contribution in [0.1, 0.15) is 25.3 Å². The van der Waals surface area contributed by atoms with Crippen LogP contribution in [0.2, 0.25) is 0 Å². The van der Waals surface area contributed by atoms with Crippen molar-refractivity contribution in [3.63, 3.8) is 0 Å². The Kier molecular flexibility index (Phi) is 4.85. The Labute approximate surface area is 107 Å². The topological polar surface area (TPSA) is 98.2 Å². The second-order valence-corrected chi connectivity index (χ2v) is 4.30. The van der Waals surface area contributed by atoms with Gasteiger partial charge in [0.05, 0.1) is 0 Å². The Balaban J connectivity index is 2.89. The molecule has 0 saturated heterocycles. The monoisotopic (exact) mass is 249 g/mol. The van der Waals surface area contributed by atoms with Gasteiger partial charge >= 0.3 is 0 Å². The molecule has 0 spiro atoms. The van der Waals surface area contributed by atoms with Gasteiger partial charge < -0.3 is 16.8 Å². The van der Waals surface area contributed by atoms with Gasteiger partial charge in [-0.2, -0.15) is 0 Å². The molecule has 98 valence electrons. The predicted molar refractivity (Wildman–Crippen MR) is 69.4 cm³/mol. The highest BCUT2D eigenvalue weighted by molar-refractivity contribution is 5.91. The third kappa shape index (κ3) is 3.30. The molecule has 2 amide bonds. The zero-order chi connectivity index (χ0) is 13.6. The van der Waals surface area contributed by atoms with Crippen molar-refractivity contribution in [1.82, 2.24) is 5.32 Å². The van der Waals surface area contributed by atoms with Crippen molar-refractivity contribution in [2.45, 2.75) is 25.3 Å². The molecule has 0 aliphatic rings. The molecule has 0 radical (unpaired) electrons. The maximum Gasteiger partial charge on any atom is 0.247 e. The highest BCUT2D eigenvalue weighted by atomic mass is 16.2. The largest absolute Gasteiger partial charge is 0.367 e. The molecular formula is C13H19N3O2. The van der Waals surface area contributed by atoms with E-state index in [1.165, 1.54) is 0 Å². The average Bonchev–Trinajstić information content (AvgIpc) is 2.37. The van der Waals surface area contributed by atoms with E-state index in [-0.39, 0.29) is 12.3 Å². The smallest absolute Gasteiger partial charge is 0.247 e. The fourth-order valence-electron chi connectivity index (χ4n) is 1.65. The number of nitrogens with two attached hydrogens (primary N) is 2. The maximum atomic E-state index is 11.7. The van der Waals surface area contributed by atoms with Gasteiger partial charge in [-0.25, -0.2) is 0 Å².